The van der Waals surface area contributed by atoms with Gasteiger partial charge in [-0.2, -0.15) is 0 Å². The van der Waals surface area contributed by atoms with Crippen molar-refractivity contribution in [1.29, 1.82) is 0 Å². The number of methoxy groups -OCH3 is 1. The average Bonchev–Trinajstić information content (AvgIpc) is 3.13. The van der Waals surface area contributed by atoms with Gasteiger partial charge in [0.1, 0.15) is 17.3 Å². The number of carbonyl (C=O) groups is 1. The fourth-order valence-electron chi connectivity index (χ4n) is 3.18. The highest BCUT2D eigenvalue weighted by atomic mass is 79.9. The van der Waals surface area contributed by atoms with Gasteiger partial charge in [-0.05, 0) is 65.2 Å². The molecule has 26 heavy (non-hydrogen) atoms. The van der Waals surface area contributed by atoms with E-state index in [2.05, 4.69) is 15.9 Å². The maximum Gasteiger partial charge on any atom is 0.263 e. The van der Waals surface area contributed by atoms with Crippen molar-refractivity contribution in [3.63, 3.8) is 0 Å². The number of rotatable bonds is 5. The first-order valence-corrected chi connectivity index (χ1v) is 9.31. The molecule has 0 saturated carbocycles. The SMILES string of the molecule is COc1ccc(C2CCN(C(=O)C(C)Oc3ccc(F)cc3Br)C2)cc1. The molecule has 2 aromatic rings. The van der Waals surface area contributed by atoms with Crippen LogP contribution in [-0.4, -0.2) is 37.1 Å². The number of benzene rings is 2. The van der Waals surface area contributed by atoms with Crippen LogP contribution in [0, 0.1) is 5.82 Å². The monoisotopic (exact) mass is 421 g/mol. The molecule has 2 unspecified atom stereocenters. The molecular weight excluding hydrogens is 401 g/mol. The molecule has 2 aromatic carbocycles. The lowest BCUT2D eigenvalue weighted by Crippen LogP contribution is -2.39. The van der Waals surface area contributed by atoms with Crippen LogP contribution in [0.5, 0.6) is 11.5 Å². The lowest BCUT2D eigenvalue weighted by Gasteiger charge is -2.22. The first kappa shape index (κ1) is 18.7. The van der Waals surface area contributed by atoms with Crippen molar-refractivity contribution < 1.29 is 18.7 Å². The van der Waals surface area contributed by atoms with Gasteiger partial charge in [0.15, 0.2) is 6.10 Å². The van der Waals surface area contributed by atoms with Crippen LogP contribution in [0.1, 0.15) is 24.8 Å². The molecule has 3 rings (SSSR count). The van der Waals surface area contributed by atoms with Crippen molar-refractivity contribution in [3.05, 3.63) is 58.3 Å². The summed E-state index contributed by atoms with van der Waals surface area (Å²) >= 11 is 3.26. The Morgan fingerprint density at radius 2 is 2.00 bits per heavy atom. The molecule has 1 fully saturated rings. The normalized spacial score (nSPS) is 17.8. The van der Waals surface area contributed by atoms with Gasteiger partial charge in [0.2, 0.25) is 0 Å². The summed E-state index contributed by atoms with van der Waals surface area (Å²) in [5, 5.41) is 0. The van der Waals surface area contributed by atoms with Crippen LogP contribution in [0.25, 0.3) is 0 Å². The summed E-state index contributed by atoms with van der Waals surface area (Å²) in [4.78, 5) is 14.5. The molecule has 0 aromatic heterocycles. The number of hydrogen-bond acceptors (Lipinski definition) is 3. The van der Waals surface area contributed by atoms with E-state index in [0.29, 0.717) is 29.2 Å². The summed E-state index contributed by atoms with van der Waals surface area (Å²) in [5.74, 6) is 1.18. The van der Waals surface area contributed by atoms with Gasteiger partial charge in [-0.15, -0.1) is 0 Å². The number of likely N-dealkylation sites (tertiary alicyclic amines) is 1. The van der Waals surface area contributed by atoms with E-state index in [9.17, 15) is 9.18 Å². The second-order valence-corrected chi connectivity index (χ2v) is 7.23. The molecule has 138 valence electrons. The molecule has 6 heteroatoms. The highest BCUT2D eigenvalue weighted by Crippen LogP contribution is 2.30. The van der Waals surface area contributed by atoms with Gasteiger partial charge in [-0.1, -0.05) is 12.1 Å². The van der Waals surface area contributed by atoms with Crippen LogP contribution in [0.15, 0.2) is 46.9 Å². The number of halogens is 2. The fraction of sp³-hybridized carbons (Fsp3) is 0.350. The number of nitrogens with zero attached hydrogens (tertiary/aromatic N) is 1. The minimum absolute atomic E-state index is 0.0581. The van der Waals surface area contributed by atoms with Gasteiger partial charge >= 0.3 is 0 Å². The van der Waals surface area contributed by atoms with Crippen LogP contribution in [-0.2, 0) is 4.79 Å². The van der Waals surface area contributed by atoms with Crippen molar-refractivity contribution in [2.45, 2.75) is 25.4 Å². The molecule has 2 atom stereocenters. The minimum Gasteiger partial charge on any atom is -0.497 e. The van der Waals surface area contributed by atoms with E-state index in [1.54, 1.807) is 14.0 Å². The molecule has 1 aliphatic rings. The van der Waals surface area contributed by atoms with E-state index in [0.717, 1.165) is 12.2 Å². The summed E-state index contributed by atoms with van der Waals surface area (Å²) in [5.41, 5.74) is 1.20. The maximum absolute atomic E-state index is 13.2. The van der Waals surface area contributed by atoms with E-state index >= 15 is 0 Å². The first-order chi connectivity index (χ1) is 12.5. The van der Waals surface area contributed by atoms with Crippen molar-refractivity contribution in [3.8, 4) is 11.5 Å². The topological polar surface area (TPSA) is 38.8 Å². The summed E-state index contributed by atoms with van der Waals surface area (Å²) in [7, 11) is 1.64. The lowest BCUT2D eigenvalue weighted by molar-refractivity contribution is -0.136. The first-order valence-electron chi connectivity index (χ1n) is 8.52. The predicted molar refractivity (Wildman–Crippen MR) is 101 cm³/mol. The average molecular weight is 422 g/mol. The zero-order chi connectivity index (χ0) is 18.7. The second-order valence-electron chi connectivity index (χ2n) is 6.38. The Labute approximate surface area is 161 Å². The van der Waals surface area contributed by atoms with Crippen LogP contribution >= 0.6 is 15.9 Å². The number of hydrogen-bond donors (Lipinski definition) is 0. The van der Waals surface area contributed by atoms with Crippen molar-refractivity contribution in [1.82, 2.24) is 4.90 Å². The Kier molecular flexibility index (Phi) is 5.81. The Balaban J connectivity index is 1.61. The molecule has 1 amide bonds. The Morgan fingerprint density at radius 1 is 1.27 bits per heavy atom. The Morgan fingerprint density at radius 3 is 2.65 bits per heavy atom. The summed E-state index contributed by atoms with van der Waals surface area (Å²) in [6, 6.07) is 12.1. The molecule has 0 N–H and O–H groups in total. The predicted octanol–water partition coefficient (Wildman–Crippen LogP) is 4.38. The summed E-state index contributed by atoms with van der Waals surface area (Å²) < 4.78 is 24.6. The fourth-order valence-corrected chi connectivity index (χ4v) is 3.62. The van der Waals surface area contributed by atoms with E-state index < -0.39 is 6.10 Å². The van der Waals surface area contributed by atoms with Gasteiger partial charge < -0.3 is 14.4 Å². The van der Waals surface area contributed by atoms with Gasteiger partial charge in [0.25, 0.3) is 5.91 Å². The van der Waals surface area contributed by atoms with Gasteiger partial charge in [-0.3, -0.25) is 4.79 Å². The smallest absolute Gasteiger partial charge is 0.263 e. The molecule has 0 radical (unpaired) electrons. The third-order valence-corrected chi connectivity index (χ3v) is 5.25. The zero-order valence-electron chi connectivity index (χ0n) is 14.7. The highest BCUT2D eigenvalue weighted by Gasteiger charge is 2.31. The molecule has 1 aliphatic heterocycles. The Bertz CT molecular complexity index is 781. The van der Waals surface area contributed by atoms with E-state index in [1.807, 2.05) is 29.2 Å². The molecule has 1 saturated heterocycles. The summed E-state index contributed by atoms with van der Waals surface area (Å²) in [6.07, 6.45) is 0.289. The maximum atomic E-state index is 13.2. The van der Waals surface area contributed by atoms with Gasteiger partial charge in [-0.25, -0.2) is 4.39 Å². The summed E-state index contributed by atoms with van der Waals surface area (Å²) in [6.45, 7) is 3.09. The molecule has 0 aliphatic carbocycles. The van der Waals surface area contributed by atoms with E-state index in [1.165, 1.54) is 23.8 Å². The van der Waals surface area contributed by atoms with Crippen LogP contribution in [0.3, 0.4) is 0 Å². The number of ether oxygens (including phenoxy) is 2. The standard InChI is InChI=1S/C20H21BrFNO3/c1-13(26-19-8-5-16(22)11-18(19)21)20(24)23-10-9-15(12-23)14-3-6-17(25-2)7-4-14/h3-8,11,13,15H,9-10,12H2,1-2H3. The molecular formula is C20H21BrFNO3. The lowest BCUT2D eigenvalue weighted by atomic mass is 9.98. The van der Waals surface area contributed by atoms with E-state index in [-0.39, 0.29) is 11.7 Å². The van der Waals surface area contributed by atoms with Gasteiger partial charge in [0.05, 0.1) is 11.6 Å². The van der Waals surface area contributed by atoms with Crippen molar-refractivity contribution in [2.24, 2.45) is 0 Å². The van der Waals surface area contributed by atoms with Gasteiger partial charge in [0, 0.05) is 19.0 Å². The third-order valence-electron chi connectivity index (χ3n) is 4.63. The van der Waals surface area contributed by atoms with Crippen molar-refractivity contribution in [2.75, 3.05) is 20.2 Å². The zero-order valence-corrected chi connectivity index (χ0v) is 16.3. The van der Waals surface area contributed by atoms with E-state index in [4.69, 9.17) is 9.47 Å². The largest absolute Gasteiger partial charge is 0.497 e. The quantitative estimate of drug-likeness (QED) is 0.718. The molecule has 1 heterocycles. The molecule has 0 spiro atoms. The highest BCUT2D eigenvalue weighted by molar-refractivity contribution is 9.10. The van der Waals surface area contributed by atoms with Crippen molar-refractivity contribution >= 4 is 21.8 Å². The van der Waals surface area contributed by atoms with Crippen LogP contribution in [0.2, 0.25) is 0 Å². The number of amides is 1. The molecule has 4 nitrogen and oxygen atoms in total. The van der Waals surface area contributed by atoms with Crippen LogP contribution < -0.4 is 9.47 Å². The second kappa shape index (κ2) is 8.08. The minimum atomic E-state index is -0.633. The third kappa shape index (κ3) is 4.18. The molecule has 0 bridgehead atoms. The number of carbonyl (C=O) groups excluding carboxylic acids is 1. The van der Waals surface area contributed by atoms with Crippen LogP contribution in [0.4, 0.5) is 4.39 Å². The Hall–Kier alpha value is -2.08.